The van der Waals surface area contributed by atoms with E-state index in [2.05, 4.69) is 22.1 Å². The van der Waals surface area contributed by atoms with Crippen LogP contribution >= 0.6 is 11.3 Å². The van der Waals surface area contributed by atoms with Gasteiger partial charge in [0.05, 0.1) is 6.61 Å². The van der Waals surface area contributed by atoms with Crippen molar-refractivity contribution in [1.82, 2.24) is 10.3 Å². The minimum absolute atomic E-state index is 0.384. The lowest BCUT2D eigenvalue weighted by Gasteiger charge is -2.17. The molecule has 1 aromatic heterocycles. The van der Waals surface area contributed by atoms with Gasteiger partial charge in [-0.3, -0.25) is 0 Å². The molecule has 0 aliphatic carbocycles. The zero-order valence-electron chi connectivity index (χ0n) is 9.90. The Labute approximate surface area is 101 Å². The topological polar surface area (TPSA) is 37.4 Å². The Hall–Kier alpha value is -0.650. The van der Waals surface area contributed by atoms with E-state index in [1.54, 1.807) is 11.3 Å². The van der Waals surface area contributed by atoms with Crippen LogP contribution in [0, 0.1) is 0 Å². The Bertz CT molecular complexity index is 321. The van der Waals surface area contributed by atoms with Gasteiger partial charge < -0.3 is 15.0 Å². The first-order valence-corrected chi connectivity index (χ1v) is 6.58. The van der Waals surface area contributed by atoms with Crippen LogP contribution in [0.15, 0.2) is 6.20 Å². The zero-order chi connectivity index (χ0) is 11.4. The highest BCUT2D eigenvalue weighted by atomic mass is 32.1. The van der Waals surface area contributed by atoms with Gasteiger partial charge in [-0.05, 0) is 20.4 Å². The van der Waals surface area contributed by atoms with Crippen molar-refractivity contribution in [1.29, 1.82) is 0 Å². The fourth-order valence-electron chi connectivity index (χ4n) is 1.70. The molecule has 1 unspecified atom stereocenters. The largest absolute Gasteiger partial charge is 0.380 e. The van der Waals surface area contributed by atoms with Crippen molar-refractivity contribution >= 4 is 16.5 Å². The number of hydrogen-bond acceptors (Lipinski definition) is 5. The lowest BCUT2D eigenvalue weighted by Crippen LogP contribution is -2.25. The minimum atomic E-state index is 0.384. The maximum atomic E-state index is 5.44. The third-order valence-electron chi connectivity index (χ3n) is 2.86. The molecule has 0 amide bonds. The van der Waals surface area contributed by atoms with Gasteiger partial charge in [-0.2, -0.15) is 0 Å². The third kappa shape index (κ3) is 2.72. The lowest BCUT2D eigenvalue weighted by atomic mass is 10.3. The second-order valence-corrected chi connectivity index (χ2v) is 5.05. The van der Waals surface area contributed by atoms with Crippen molar-refractivity contribution in [2.24, 2.45) is 0 Å². The normalized spacial score (nSPS) is 19.5. The van der Waals surface area contributed by atoms with E-state index >= 15 is 0 Å². The summed E-state index contributed by atoms with van der Waals surface area (Å²) in [6.45, 7) is 5.86. The van der Waals surface area contributed by atoms with Gasteiger partial charge in [-0.15, -0.1) is 11.3 Å². The highest BCUT2D eigenvalue weighted by Crippen LogP contribution is 2.27. The number of aromatic nitrogens is 1. The molecule has 1 saturated heterocycles. The highest BCUT2D eigenvalue weighted by Gasteiger charge is 2.15. The first kappa shape index (κ1) is 11.8. The average Bonchev–Trinajstić information content (AvgIpc) is 2.64. The van der Waals surface area contributed by atoms with Crippen LogP contribution in [0.4, 0.5) is 5.13 Å². The Kier molecular flexibility index (Phi) is 4.15. The van der Waals surface area contributed by atoms with Gasteiger partial charge in [0.2, 0.25) is 0 Å². The van der Waals surface area contributed by atoms with E-state index in [9.17, 15) is 0 Å². The Morgan fingerprint density at radius 2 is 2.38 bits per heavy atom. The summed E-state index contributed by atoms with van der Waals surface area (Å²) in [5, 5.41) is 4.36. The van der Waals surface area contributed by atoms with Crippen LogP contribution in [-0.2, 0) is 4.74 Å². The predicted molar refractivity (Wildman–Crippen MR) is 67.2 cm³/mol. The molecule has 1 atom stereocenters. The quantitative estimate of drug-likeness (QED) is 0.873. The number of hydrogen-bond donors (Lipinski definition) is 1. The van der Waals surface area contributed by atoms with Gasteiger partial charge >= 0.3 is 0 Å². The van der Waals surface area contributed by atoms with Crippen molar-refractivity contribution in [3.8, 4) is 0 Å². The van der Waals surface area contributed by atoms with E-state index in [1.807, 2.05) is 13.2 Å². The predicted octanol–water partition coefficient (Wildman–Crippen LogP) is 1.65. The van der Waals surface area contributed by atoms with Crippen LogP contribution in [0.5, 0.6) is 0 Å². The molecule has 0 spiro atoms. The van der Waals surface area contributed by atoms with Crippen LogP contribution in [0.3, 0.4) is 0 Å². The van der Waals surface area contributed by atoms with E-state index in [-0.39, 0.29) is 0 Å². The molecule has 1 aliphatic heterocycles. The molecule has 0 saturated carbocycles. The maximum Gasteiger partial charge on any atom is 0.185 e. The summed E-state index contributed by atoms with van der Waals surface area (Å²) in [4.78, 5) is 8.12. The Morgan fingerprint density at radius 3 is 3.19 bits per heavy atom. The lowest BCUT2D eigenvalue weighted by molar-refractivity contribution is 0.152. The molecule has 0 aromatic carbocycles. The van der Waals surface area contributed by atoms with Gasteiger partial charge in [-0.25, -0.2) is 4.98 Å². The van der Waals surface area contributed by atoms with E-state index in [4.69, 9.17) is 4.74 Å². The maximum absolute atomic E-state index is 5.44. The van der Waals surface area contributed by atoms with E-state index in [0.717, 1.165) is 37.9 Å². The highest BCUT2D eigenvalue weighted by molar-refractivity contribution is 7.15. The Balaban J connectivity index is 2.05. The summed E-state index contributed by atoms with van der Waals surface area (Å²) >= 11 is 1.78. The van der Waals surface area contributed by atoms with Crippen LogP contribution < -0.4 is 10.2 Å². The van der Waals surface area contributed by atoms with Crippen LogP contribution in [0.25, 0.3) is 0 Å². The molecule has 0 bridgehead atoms. The molecule has 0 radical (unpaired) electrons. The van der Waals surface area contributed by atoms with Crippen molar-refractivity contribution in [3.63, 3.8) is 0 Å². The van der Waals surface area contributed by atoms with E-state index in [0.29, 0.717) is 6.04 Å². The molecular weight excluding hydrogens is 222 g/mol. The molecule has 1 aliphatic rings. The van der Waals surface area contributed by atoms with Gasteiger partial charge in [0.1, 0.15) is 0 Å². The molecule has 90 valence electrons. The van der Waals surface area contributed by atoms with E-state index in [1.165, 1.54) is 4.88 Å². The molecule has 5 heteroatoms. The van der Waals surface area contributed by atoms with Crippen molar-refractivity contribution in [2.45, 2.75) is 19.4 Å². The molecular formula is C11H19N3OS. The molecule has 16 heavy (non-hydrogen) atoms. The van der Waals surface area contributed by atoms with Gasteiger partial charge in [0, 0.05) is 36.8 Å². The molecule has 2 heterocycles. The molecule has 2 rings (SSSR count). The second kappa shape index (κ2) is 5.61. The number of anilines is 1. The summed E-state index contributed by atoms with van der Waals surface area (Å²) in [6.07, 6.45) is 3.07. The first-order valence-electron chi connectivity index (χ1n) is 5.77. The number of rotatable bonds is 3. The molecule has 1 aromatic rings. The summed E-state index contributed by atoms with van der Waals surface area (Å²) in [6, 6.07) is 0.384. The Morgan fingerprint density at radius 1 is 1.50 bits per heavy atom. The summed E-state index contributed by atoms with van der Waals surface area (Å²) in [5.41, 5.74) is 0. The number of nitrogens with one attached hydrogen (secondary N) is 1. The monoisotopic (exact) mass is 241 g/mol. The van der Waals surface area contributed by atoms with Crippen molar-refractivity contribution in [3.05, 3.63) is 11.1 Å². The fraction of sp³-hybridized carbons (Fsp3) is 0.727. The van der Waals surface area contributed by atoms with Crippen molar-refractivity contribution < 1.29 is 4.74 Å². The molecule has 1 N–H and O–H groups in total. The number of thiazole rings is 1. The molecule has 1 fully saturated rings. The average molecular weight is 241 g/mol. The summed E-state index contributed by atoms with van der Waals surface area (Å²) in [5.74, 6) is 0. The van der Waals surface area contributed by atoms with Crippen LogP contribution in [-0.4, -0.2) is 38.3 Å². The first-order chi connectivity index (χ1) is 7.81. The standard InChI is InChI=1S/C11H19N3OS/c1-9(12-2)10-8-13-11(16-10)14-4-3-6-15-7-5-14/h8-9,12H,3-7H2,1-2H3. The zero-order valence-corrected chi connectivity index (χ0v) is 10.7. The number of ether oxygens (including phenoxy) is 1. The van der Waals surface area contributed by atoms with Gasteiger partial charge in [0.15, 0.2) is 5.13 Å². The van der Waals surface area contributed by atoms with Gasteiger partial charge in [0.25, 0.3) is 0 Å². The van der Waals surface area contributed by atoms with Crippen molar-refractivity contribution in [2.75, 3.05) is 38.3 Å². The SMILES string of the molecule is CNC(C)c1cnc(N2CCCOCC2)s1. The van der Waals surface area contributed by atoms with Crippen LogP contribution in [0.2, 0.25) is 0 Å². The summed E-state index contributed by atoms with van der Waals surface area (Å²) in [7, 11) is 1.98. The molecule has 4 nitrogen and oxygen atoms in total. The second-order valence-electron chi connectivity index (χ2n) is 4.01. The number of nitrogens with zero attached hydrogens (tertiary/aromatic N) is 2. The smallest absolute Gasteiger partial charge is 0.185 e. The fourth-order valence-corrected chi connectivity index (χ4v) is 2.73. The van der Waals surface area contributed by atoms with Gasteiger partial charge in [-0.1, -0.05) is 0 Å². The summed E-state index contributed by atoms with van der Waals surface area (Å²) < 4.78 is 5.44. The van der Waals surface area contributed by atoms with E-state index < -0.39 is 0 Å². The third-order valence-corrected chi connectivity index (χ3v) is 4.10. The van der Waals surface area contributed by atoms with Crippen LogP contribution in [0.1, 0.15) is 24.3 Å². The minimum Gasteiger partial charge on any atom is -0.380 e.